The maximum Gasteiger partial charge on any atom is 0.233 e. The lowest BCUT2D eigenvalue weighted by Gasteiger charge is -2.15. The maximum atomic E-state index is 11.2. The van der Waals surface area contributed by atoms with Crippen molar-refractivity contribution in [3.63, 3.8) is 0 Å². The van der Waals surface area contributed by atoms with Crippen molar-refractivity contribution in [1.29, 1.82) is 0 Å². The Morgan fingerprint density at radius 1 is 1.44 bits per heavy atom. The Kier molecular flexibility index (Phi) is 3.64. The van der Waals surface area contributed by atoms with E-state index in [1.54, 1.807) is 17.9 Å². The zero-order valence-electron chi connectivity index (χ0n) is 11.0. The Bertz CT molecular complexity index is 419. The van der Waals surface area contributed by atoms with Gasteiger partial charge in [0.05, 0.1) is 6.54 Å². The topological polar surface area (TPSA) is 58.6 Å². The summed E-state index contributed by atoms with van der Waals surface area (Å²) in [6.07, 6.45) is 0.866. The van der Waals surface area contributed by atoms with Gasteiger partial charge in [0, 0.05) is 40.1 Å². The molecule has 0 bridgehead atoms. The Hall–Kier alpha value is -1.85. The second-order valence-corrected chi connectivity index (χ2v) is 4.62. The summed E-state index contributed by atoms with van der Waals surface area (Å²) in [4.78, 5) is 14.9. The number of carbonyl (C=O) groups is 1. The quantitative estimate of drug-likeness (QED) is 0.783. The van der Waals surface area contributed by atoms with Crippen LogP contribution in [0, 0.1) is 0 Å². The predicted octanol–water partition coefficient (Wildman–Crippen LogP) is 0.542. The van der Waals surface area contributed by atoms with Crippen LogP contribution in [0.3, 0.4) is 0 Å². The molecule has 0 spiro atoms. The molecule has 0 radical (unpaired) electrons. The molecule has 1 aromatic rings. The fraction of sp³-hybridized carbons (Fsp3) is 0.583. The second kappa shape index (κ2) is 5.20. The van der Waals surface area contributed by atoms with Gasteiger partial charge in [0.2, 0.25) is 11.8 Å². The van der Waals surface area contributed by atoms with Gasteiger partial charge in [-0.25, -0.2) is 0 Å². The van der Waals surface area contributed by atoms with E-state index in [9.17, 15) is 4.79 Å². The lowest BCUT2D eigenvalue weighted by atomic mass is 10.3. The Balaban J connectivity index is 1.92. The molecular formula is C12H18N4O2. The van der Waals surface area contributed by atoms with Crippen LogP contribution in [-0.4, -0.2) is 54.3 Å². The minimum absolute atomic E-state index is 0.0217. The Labute approximate surface area is 107 Å². The molecule has 98 valence electrons. The summed E-state index contributed by atoms with van der Waals surface area (Å²) in [6.45, 7) is 2.96. The molecular weight excluding hydrogens is 232 g/mol. The van der Waals surface area contributed by atoms with Gasteiger partial charge in [0.1, 0.15) is 6.10 Å². The van der Waals surface area contributed by atoms with Crippen LogP contribution in [0.1, 0.15) is 13.3 Å². The highest BCUT2D eigenvalue weighted by atomic mass is 16.5. The van der Waals surface area contributed by atoms with Crippen molar-refractivity contribution in [2.45, 2.75) is 19.4 Å². The summed E-state index contributed by atoms with van der Waals surface area (Å²) < 4.78 is 5.70. The molecule has 2 rings (SSSR count). The molecule has 1 unspecified atom stereocenters. The molecule has 1 saturated heterocycles. The van der Waals surface area contributed by atoms with Crippen molar-refractivity contribution in [2.24, 2.45) is 0 Å². The zero-order chi connectivity index (χ0) is 13.1. The summed E-state index contributed by atoms with van der Waals surface area (Å²) in [5, 5.41) is 8.06. The smallest absolute Gasteiger partial charge is 0.233 e. The lowest BCUT2D eigenvalue weighted by Crippen LogP contribution is -2.28. The highest BCUT2D eigenvalue weighted by molar-refractivity contribution is 5.73. The number of hydrogen-bond donors (Lipinski definition) is 0. The first-order valence-electron chi connectivity index (χ1n) is 5.99. The molecule has 2 heterocycles. The van der Waals surface area contributed by atoms with E-state index in [-0.39, 0.29) is 12.0 Å². The van der Waals surface area contributed by atoms with E-state index in [1.807, 2.05) is 25.1 Å². The number of rotatable bonds is 3. The molecule has 18 heavy (non-hydrogen) atoms. The molecule has 1 aliphatic heterocycles. The molecule has 0 aliphatic carbocycles. The van der Waals surface area contributed by atoms with Gasteiger partial charge in [0.15, 0.2) is 5.82 Å². The monoisotopic (exact) mass is 250 g/mol. The van der Waals surface area contributed by atoms with E-state index in [1.165, 1.54) is 0 Å². The van der Waals surface area contributed by atoms with E-state index in [0.717, 1.165) is 18.8 Å². The van der Waals surface area contributed by atoms with E-state index in [4.69, 9.17) is 4.74 Å². The van der Waals surface area contributed by atoms with Crippen molar-refractivity contribution >= 4 is 11.7 Å². The summed E-state index contributed by atoms with van der Waals surface area (Å²) >= 11 is 0. The van der Waals surface area contributed by atoms with Crippen LogP contribution in [0.4, 0.5) is 5.82 Å². The number of aromatic nitrogens is 2. The van der Waals surface area contributed by atoms with Crippen LogP contribution in [0.2, 0.25) is 0 Å². The van der Waals surface area contributed by atoms with Crippen LogP contribution in [-0.2, 0) is 4.79 Å². The zero-order valence-corrected chi connectivity index (χ0v) is 11.0. The van der Waals surface area contributed by atoms with E-state index < -0.39 is 0 Å². The average Bonchev–Trinajstić information content (AvgIpc) is 2.78. The number of amides is 1. The van der Waals surface area contributed by atoms with Gasteiger partial charge >= 0.3 is 0 Å². The first-order chi connectivity index (χ1) is 8.56. The molecule has 1 atom stereocenters. The van der Waals surface area contributed by atoms with Crippen LogP contribution in [0.5, 0.6) is 5.88 Å². The van der Waals surface area contributed by atoms with Gasteiger partial charge in [0.25, 0.3) is 0 Å². The average molecular weight is 250 g/mol. The number of likely N-dealkylation sites (tertiary alicyclic amines) is 1. The summed E-state index contributed by atoms with van der Waals surface area (Å²) in [5.41, 5.74) is 0. The summed E-state index contributed by atoms with van der Waals surface area (Å²) in [7, 11) is 3.82. The van der Waals surface area contributed by atoms with Gasteiger partial charge < -0.3 is 14.5 Å². The number of nitrogens with zero attached hydrogens (tertiary/aromatic N) is 4. The summed E-state index contributed by atoms with van der Waals surface area (Å²) in [6, 6.07) is 3.67. The fourth-order valence-electron chi connectivity index (χ4n) is 1.90. The molecule has 0 N–H and O–H groups in total. The molecule has 0 aromatic carbocycles. The van der Waals surface area contributed by atoms with Gasteiger partial charge in [-0.15, -0.1) is 10.2 Å². The highest BCUT2D eigenvalue weighted by Gasteiger charge is 2.25. The number of hydrogen-bond acceptors (Lipinski definition) is 5. The SMILES string of the molecule is CC(=O)N1CCC(Oc2ccc(N(C)C)nn2)C1. The predicted molar refractivity (Wildman–Crippen MR) is 67.6 cm³/mol. The van der Waals surface area contributed by atoms with Crippen molar-refractivity contribution in [3.05, 3.63) is 12.1 Å². The first kappa shape index (κ1) is 12.6. The Morgan fingerprint density at radius 3 is 2.72 bits per heavy atom. The highest BCUT2D eigenvalue weighted by Crippen LogP contribution is 2.17. The lowest BCUT2D eigenvalue weighted by molar-refractivity contribution is -0.128. The van der Waals surface area contributed by atoms with Gasteiger partial charge in [-0.1, -0.05) is 0 Å². The van der Waals surface area contributed by atoms with E-state index in [0.29, 0.717) is 12.4 Å². The van der Waals surface area contributed by atoms with Crippen LogP contribution < -0.4 is 9.64 Å². The van der Waals surface area contributed by atoms with Crippen molar-refractivity contribution in [2.75, 3.05) is 32.1 Å². The van der Waals surface area contributed by atoms with Crippen LogP contribution in [0.15, 0.2) is 12.1 Å². The van der Waals surface area contributed by atoms with E-state index in [2.05, 4.69) is 10.2 Å². The van der Waals surface area contributed by atoms with Crippen molar-refractivity contribution in [3.8, 4) is 5.88 Å². The third kappa shape index (κ3) is 2.88. The normalized spacial score (nSPS) is 18.8. The molecule has 6 nitrogen and oxygen atoms in total. The third-order valence-corrected chi connectivity index (χ3v) is 2.96. The van der Waals surface area contributed by atoms with E-state index >= 15 is 0 Å². The Morgan fingerprint density at radius 2 is 2.22 bits per heavy atom. The van der Waals surface area contributed by atoms with Crippen LogP contribution in [0.25, 0.3) is 0 Å². The molecule has 1 aliphatic rings. The largest absolute Gasteiger partial charge is 0.471 e. The van der Waals surface area contributed by atoms with Crippen LogP contribution >= 0.6 is 0 Å². The summed E-state index contributed by atoms with van der Waals surface area (Å²) in [5.74, 6) is 1.39. The van der Waals surface area contributed by atoms with Crippen molar-refractivity contribution in [1.82, 2.24) is 15.1 Å². The number of ether oxygens (including phenoxy) is 1. The molecule has 1 fully saturated rings. The maximum absolute atomic E-state index is 11.2. The fourth-order valence-corrected chi connectivity index (χ4v) is 1.90. The third-order valence-electron chi connectivity index (χ3n) is 2.96. The molecule has 6 heteroatoms. The van der Waals surface area contributed by atoms with Gasteiger partial charge in [-0.2, -0.15) is 0 Å². The number of carbonyl (C=O) groups excluding carboxylic acids is 1. The number of anilines is 1. The minimum Gasteiger partial charge on any atom is -0.471 e. The van der Waals surface area contributed by atoms with Gasteiger partial charge in [-0.05, 0) is 6.07 Å². The molecule has 1 aromatic heterocycles. The minimum atomic E-state index is 0.0217. The molecule has 0 saturated carbocycles. The van der Waals surface area contributed by atoms with Gasteiger partial charge in [-0.3, -0.25) is 4.79 Å². The first-order valence-corrected chi connectivity index (χ1v) is 5.99. The standard InChI is InChI=1S/C12H18N4O2/c1-9(17)16-7-6-10(8-16)18-12-5-4-11(13-14-12)15(2)3/h4-5,10H,6-8H2,1-3H3. The second-order valence-electron chi connectivity index (χ2n) is 4.62. The molecule has 1 amide bonds. The van der Waals surface area contributed by atoms with Crippen molar-refractivity contribution < 1.29 is 9.53 Å².